The summed E-state index contributed by atoms with van der Waals surface area (Å²) in [7, 11) is 0. The van der Waals surface area contributed by atoms with Gasteiger partial charge in [-0.3, -0.25) is 0 Å². The molecule has 1 heterocycles. The molecule has 1 nitrogen and oxygen atoms in total. The highest BCUT2D eigenvalue weighted by molar-refractivity contribution is 7.17. The summed E-state index contributed by atoms with van der Waals surface area (Å²) in [6, 6.07) is 15.7. The number of phenols is 1. The van der Waals surface area contributed by atoms with E-state index in [1.807, 2.05) is 12.1 Å². The van der Waals surface area contributed by atoms with Gasteiger partial charge in [-0.1, -0.05) is 30.3 Å². The van der Waals surface area contributed by atoms with Gasteiger partial charge in [-0.15, -0.1) is 11.3 Å². The number of hydrogen-bond donors (Lipinski definition) is 1. The van der Waals surface area contributed by atoms with Gasteiger partial charge in [0.15, 0.2) is 0 Å². The van der Waals surface area contributed by atoms with Crippen molar-refractivity contribution in [2.75, 3.05) is 0 Å². The van der Waals surface area contributed by atoms with Crippen LogP contribution in [0, 0.1) is 0 Å². The first kappa shape index (κ1) is 9.43. The third-order valence-corrected chi connectivity index (χ3v) is 3.62. The molecule has 0 saturated carbocycles. The molecular formula is C14H10OS. The summed E-state index contributed by atoms with van der Waals surface area (Å²) < 4.78 is 1.30. The van der Waals surface area contributed by atoms with Crippen LogP contribution in [0.3, 0.4) is 0 Å². The summed E-state index contributed by atoms with van der Waals surface area (Å²) in [5.74, 6) is 0.309. The van der Waals surface area contributed by atoms with E-state index in [1.165, 1.54) is 15.6 Å². The van der Waals surface area contributed by atoms with E-state index in [1.54, 1.807) is 23.5 Å². The molecule has 1 N–H and O–H groups in total. The second-order valence-corrected chi connectivity index (χ2v) is 4.60. The molecule has 0 unspecified atom stereocenters. The van der Waals surface area contributed by atoms with Crippen LogP contribution in [0.1, 0.15) is 0 Å². The van der Waals surface area contributed by atoms with Crippen LogP contribution < -0.4 is 0 Å². The summed E-state index contributed by atoms with van der Waals surface area (Å²) in [5, 5.41) is 12.7. The van der Waals surface area contributed by atoms with E-state index in [0.29, 0.717) is 5.75 Å². The molecule has 2 heteroatoms. The van der Waals surface area contributed by atoms with Crippen molar-refractivity contribution >= 4 is 21.4 Å². The number of phenolic OH excluding ortho intramolecular Hbond substituents is 1. The van der Waals surface area contributed by atoms with E-state index in [9.17, 15) is 5.11 Å². The maximum absolute atomic E-state index is 9.27. The van der Waals surface area contributed by atoms with E-state index in [-0.39, 0.29) is 0 Å². The summed E-state index contributed by atoms with van der Waals surface area (Å²) in [5.41, 5.74) is 2.39. The van der Waals surface area contributed by atoms with Gasteiger partial charge in [0.05, 0.1) is 0 Å². The van der Waals surface area contributed by atoms with Gasteiger partial charge in [-0.25, -0.2) is 0 Å². The van der Waals surface area contributed by atoms with Crippen molar-refractivity contribution in [2.24, 2.45) is 0 Å². The lowest BCUT2D eigenvalue weighted by Gasteiger charge is -1.99. The molecule has 3 rings (SSSR count). The van der Waals surface area contributed by atoms with Crippen LogP contribution in [0.5, 0.6) is 5.75 Å². The standard InChI is InChI=1S/C14H10OS/c15-11-7-5-10(6-8-11)13-9-16-14-4-2-1-3-12(13)14/h1-9,15H. The average molecular weight is 226 g/mol. The minimum absolute atomic E-state index is 0.309. The van der Waals surface area contributed by atoms with Gasteiger partial charge in [-0.2, -0.15) is 0 Å². The molecule has 3 aromatic rings. The molecule has 78 valence electrons. The van der Waals surface area contributed by atoms with E-state index in [2.05, 4.69) is 29.6 Å². The number of rotatable bonds is 1. The fraction of sp³-hybridized carbons (Fsp3) is 0. The van der Waals surface area contributed by atoms with Crippen molar-refractivity contribution < 1.29 is 5.11 Å². The monoisotopic (exact) mass is 226 g/mol. The molecule has 0 fully saturated rings. The van der Waals surface area contributed by atoms with E-state index in [4.69, 9.17) is 0 Å². The molecule has 0 saturated heterocycles. The lowest BCUT2D eigenvalue weighted by atomic mass is 10.1. The summed E-state index contributed by atoms with van der Waals surface area (Å²) >= 11 is 1.75. The summed E-state index contributed by atoms with van der Waals surface area (Å²) in [6.45, 7) is 0. The molecule has 0 spiro atoms. The van der Waals surface area contributed by atoms with Crippen LogP contribution in [0.2, 0.25) is 0 Å². The number of hydrogen-bond acceptors (Lipinski definition) is 2. The molecule has 1 aromatic heterocycles. The maximum atomic E-state index is 9.27. The topological polar surface area (TPSA) is 20.2 Å². The van der Waals surface area contributed by atoms with Gasteiger partial charge in [0.25, 0.3) is 0 Å². The number of thiophene rings is 1. The zero-order valence-corrected chi connectivity index (χ0v) is 9.37. The SMILES string of the molecule is Oc1ccc(-c2csc3ccccc23)cc1. The Morgan fingerprint density at radius 1 is 0.875 bits per heavy atom. The first-order valence-electron chi connectivity index (χ1n) is 5.10. The molecule has 0 radical (unpaired) electrons. The lowest BCUT2D eigenvalue weighted by Crippen LogP contribution is -1.74. The van der Waals surface area contributed by atoms with Gasteiger partial charge < -0.3 is 5.11 Å². The summed E-state index contributed by atoms with van der Waals surface area (Å²) in [4.78, 5) is 0. The Kier molecular flexibility index (Phi) is 2.15. The van der Waals surface area contributed by atoms with Gasteiger partial charge in [0.1, 0.15) is 5.75 Å². The highest BCUT2D eigenvalue weighted by Crippen LogP contribution is 2.34. The predicted octanol–water partition coefficient (Wildman–Crippen LogP) is 4.27. The molecule has 0 atom stereocenters. The highest BCUT2D eigenvalue weighted by atomic mass is 32.1. The Morgan fingerprint density at radius 2 is 1.62 bits per heavy atom. The summed E-state index contributed by atoms with van der Waals surface area (Å²) in [6.07, 6.45) is 0. The van der Waals surface area contributed by atoms with Crippen LogP contribution in [-0.2, 0) is 0 Å². The van der Waals surface area contributed by atoms with Crippen molar-refractivity contribution in [3.8, 4) is 16.9 Å². The molecule has 0 aliphatic heterocycles. The average Bonchev–Trinajstić information content (AvgIpc) is 2.74. The lowest BCUT2D eigenvalue weighted by molar-refractivity contribution is 0.475. The normalized spacial score (nSPS) is 10.8. The molecule has 2 aromatic carbocycles. The molecule has 0 aliphatic carbocycles. The van der Waals surface area contributed by atoms with Crippen LogP contribution >= 0.6 is 11.3 Å². The second kappa shape index (κ2) is 3.65. The minimum Gasteiger partial charge on any atom is -0.508 e. The Labute approximate surface area is 97.6 Å². The molecule has 0 amide bonds. The minimum atomic E-state index is 0.309. The van der Waals surface area contributed by atoms with Gasteiger partial charge in [0, 0.05) is 15.6 Å². The zero-order chi connectivity index (χ0) is 11.0. The fourth-order valence-electron chi connectivity index (χ4n) is 1.84. The largest absolute Gasteiger partial charge is 0.508 e. The van der Waals surface area contributed by atoms with Crippen LogP contribution in [0.15, 0.2) is 53.9 Å². The second-order valence-electron chi connectivity index (χ2n) is 3.69. The van der Waals surface area contributed by atoms with Gasteiger partial charge >= 0.3 is 0 Å². The highest BCUT2D eigenvalue weighted by Gasteiger charge is 2.05. The number of fused-ring (bicyclic) bond motifs is 1. The van der Waals surface area contributed by atoms with Crippen molar-refractivity contribution in [2.45, 2.75) is 0 Å². The van der Waals surface area contributed by atoms with Crippen LogP contribution in [0.4, 0.5) is 0 Å². The molecule has 0 bridgehead atoms. The zero-order valence-electron chi connectivity index (χ0n) is 8.55. The van der Waals surface area contributed by atoms with Crippen molar-refractivity contribution in [3.05, 3.63) is 53.9 Å². The van der Waals surface area contributed by atoms with E-state index >= 15 is 0 Å². The Hall–Kier alpha value is -1.80. The van der Waals surface area contributed by atoms with Crippen LogP contribution in [0.25, 0.3) is 21.2 Å². The fourth-order valence-corrected chi connectivity index (χ4v) is 2.81. The molecular weight excluding hydrogens is 216 g/mol. The van der Waals surface area contributed by atoms with Gasteiger partial charge in [0.2, 0.25) is 0 Å². The number of aromatic hydroxyl groups is 1. The maximum Gasteiger partial charge on any atom is 0.115 e. The smallest absolute Gasteiger partial charge is 0.115 e. The third-order valence-electron chi connectivity index (χ3n) is 2.66. The van der Waals surface area contributed by atoms with Crippen LogP contribution in [-0.4, -0.2) is 5.11 Å². The Bertz CT molecular complexity index is 623. The molecule has 0 aliphatic rings. The Morgan fingerprint density at radius 3 is 2.44 bits per heavy atom. The van der Waals surface area contributed by atoms with E-state index < -0.39 is 0 Å². The first-order chi connectivity index (χ1) is 7.84. The van der Waals surface area contributed by atoms with Crippen molar-refractivity contribution in [1.82, 2.24) is 0 Å². The quantitative estimate of drug-likeness (QED) is 0.656. The van der Waals surface area contributed by atoms with E-state index in [0.717, 1.165) is 5.56 Å². The third kappa shape index (κ3) is 1.48. The molecule has 16 heavy (non-hydrogen) atoms. The van der Waals surface area contributed by atoms with Gasteiger partial charge in [-0.05, 0) is 29.1 Å². The van der Waals surface area contributed by atoms with Crippen molar-refractivity contribution in [3.63, 3.8) is 0 Å². The first-order valence-corrected chi connectivity index (χ1v) is 5.98. The Balaban J connectivity index is 2.22. The predicted molar refractivity (Wildman–Crippen MR) is 68.9 cm³/mol. The van der Waals surface area contributed by atoms with Crippen molar-refractivity contribution in [1.29, 1.82) is 0 Å². The number of benzene rings is 2.